The van der Waals surface area contributed by atoms with E-state index >= 15 is 0 Å². The lowest BCUT2D eigenvalue weighted by Gasteiger charge is -2.22. The van der Waals surface area contributed by atoms with Crippen molar-refractivity contribution in [3.05, 3.63) is 83.9 Å². The normalized spacial score (nSPS) is 26.2. The molecule has 2 aromatic rings. The minimum Gasteiger partial charge on any atom is -0.268 e. The molecule has 0 bridgehead atoms. The first kappa shape index (κ1) is 13.3. The molecule has 1 saturated heterocycles. The molecule has 2 aliphatic rings. The van der Waals surface area contributed by atoms with Gasteiger partial charge < -0.3 is 0 Å². The summed E-state index contributed by atoms with van der Waals surface area (Å²) in [4.78, 5) is 12.8. The number of amides is 1. The second kappa shape index (κ2) is 5.43. The van der Waals surface area contributed by atoms with Gasteiger partial charge in [-0.1, -0.05) is 60.7 Å². The van der Waals surface area contributed by atoms with Crippen molar-refractivity contribution in [1.82, 2.24) is 10.4 Å². The smallest absolute Gasteiger partial charge is 0.268 e. The van der Waals surface area contributed by atoms with Gasteiger partial charge in [0.15, 0.2) is 0 Å². The molecular formula is C19H18N2O. The van der Waals surface area contributed by atoms with Crippen LogP contribution in [0.2, 0.25) is 0 Å². The van der Waals surface area contributed by atoms with Crippen LogP contribution in [0.25, 0.3) is 0 Å². The predicted molar refractivity (Wildman–Crippen MR) is 86.0 cm³/mol. The highest BCUT2D eigenvalue weighted by atomic mass is 16.2. The van der Waals surface area contributed by atoms with Crippen LogP contribution < -0.4 is 5.43 Å². The standard InChI is InChI=1S/C19H18N2O/c22-19(15-10-5-2-6-11-15)21-17-13-7-12-16(17)18(20-21)14-8-3-1-4-9-14/h1-11,13,16-18,20H,12H2/t16-,17+,18-/m1/s1. The van der Waals surface area contributed by atoms with Crippen LogP contribution in [0.1, 0.15) is 28.4 Å². The van der Waals surface area contributed by atoms with Crippen LogP contribution in [-0.4, -0.2) is 17.0 Å². The van der Waals surface area contributed by atoms with E-state index in [9.17, 15) is 4.79 Å². The van der Waals surface area contributed by atoms with Crippen molar-refractivity contribution in [2.45, 2.75) is 18.5 Å². The molecule has 1 N–H and O–H groups in total. The summed E-state index contributed by atoms with van der Waals surface area (Å²) in [7, 11) is 0. The molecule has 1 aliphatic heterocycles. The third kappa shape index (κ3) is 2.14. The Balaban J connectivity index is 1.64. The summed E-state index contributed by atoms with van der Waals surface area (Å²) in [6.45, 7) is 0. The van der Waals surface area contributed by atoms with Crippen molar-refractivity contribution in [2.24, 2.45) is 5.92 Å². The number of benzene rings is 2. The molecule has 1 aliphatic carbocycles. The fourth-order valence-corrected chi connectivity index (χ4v) is 3.50. The van der Waals surface area contributed by atoms with Gasteiger partial charge >= 0.3 is 0 Å². The lowest BCUT2D eigenvalue weighted by atomic mass is 9.91. The number of carbonyl (C=O) groups excluding carboxylic acids is 1. The van der Waals surface area contributed by atoms with Gasteiger partial charge in [-0.15, -0.1) is 0 Å². The first-order valence-electron chi connectivity index (χ1n) is 7.71. The van der Waals surface area contributed by atoms with Crippen LogP contribution in [0.15, 0.2) is 72.8 Å². The summed E-state index contributed by atoms with van der Waals surface area (Å²) in [5.74, 6) is 0.454. The number of hydrazine groups is 1. The highest BCUT2D eigenvalue weighted by molar-refractivity contribution is 5.94. The van der Waals surface area contributed by atoms with Crippen LogP contribution in [0.5, 0.6) is 0 Å². The van der Waals surface area contributed by atoms with Crippen molar-refractivity contribution < 1.29 is 4.79 Å². The van der Waals surface area contributed by atoms with Crippen LogP contribution in [0, 0.1) is 5.92 Å². The topological polar surface area (TPSA) is 32.3 Å². The fourth-order valence-electron chi connectivity index (χ4n) is 3.50. The van der Waals surface area contributed by atoms with E-state index < -0.39 is 0 Å². The Hall–Kier alpha value is -2.39. The molecule has 22 heavy (non-hydrogen) atoms. The summed E-state index contributed by atoms with van der Waals surface area (Å²) in [5.41, 5.74) is 5.41. The second-order valence-corrected chi connectivity index (χ2v) is 5.88. The monoisotopic (exact) mass is 290 g/mol. The maximum atomic E-state index is 12.8. The average molecular weight is 290 g/mol. The maximum Gasteiger partial charge on any atom is 0.268 e. The molecule has 4 rings (SSSR count). The number of hydrogen-bond acceptors (Lipinski definition) is 2. The molecule has 0 spiro atoms. The van der Waals surface area contributed by atoms with Crippen LogP contribution in [-0.2, 0) is 0 Å². The van der Waals surface area contributed by atoms with E-state index in [4.69, 9.17) is 0 Å². The number of fused-ring (bicyclic) bond motifs is 1. The molecule has 0 saturated carbocycles. The van der Waals surface area contributed by atoms with Crippen LogP contribution >= 0.6 is 0 Å². The number of nitrogens with zero attached hydrogens (tertiary/aromatic N) is 1. The Morgan fingerprint density at radius 3 is 2.41 bits per heavy atom. The number of allylic oxidation sites excluding steroid dienone is 1. The van der Waals surface area contributed by atoms with Gasteiger partial charge in [0.05, 0.1) is 12.1 Å². The molecule has 1 fully saturated rings. The van der Waals surface area contributed by atoms with Gasteiger partial charge in [0.25, 0.3) is 5.91 Å². The SMILES string of the molecule is O=C(c1ccccc1)N1N[C@H](c2ccccc2)[C@@H]2CC=C[C@@H]21. The zero-order valence-corrected chi connectivity index (χ0v) is 12.2. The molecule has 3 heteroatoms. The Bertz CT molecular complexity index is 696. The number of hydrogen-bond donors (Lipinski definition) is 1. The van der Waals surface area contributed by atoms with E-state index in [1.807, 2.05) is 36.4 Å². The molecule has 110 valence electrons. The quantitative estimate of drug-likeness (QED) is 0.860. The first-order chi connectivity index (χ1) is 10.8. The summed E-state index contributed by atoms with van der Waals surface area (Å²) in [5, 5.41) is 1.81. The third-order valence-corrected chi connectivity index (χ3v) is 4.58. The largest absolute Gasteiger partial charge is 0.268 e. The Morgan fingerprint density at radius 1 is 1.00 bits per heavy atom. The van der Waals surface area contributed by atoms with E-state index in [1.165, 1.54) is 5.56 Å². The number of carbonyl (C=O) groups is 1. The molecule has 1 heterocycles. The van der Waals surface area contributed by atoms with Crippen LogP contribution in [0.3, 0.4) is 0 Å². The van der Waals surface area contributed by atoms with E-state index in [-0.39, 0.29) is 18.0 Å². The van der Waals surface area contributed by atoms with Gasteiger partial charge in [0.1, 0.15) is 0 Å². The van der Waals surface area contributed by atoms with Gasteiger partial charge in [0.2, 0.25) is 0 Å². The summed E-state index contributed by atoms with van der Waals surface area (Å²) in [6, 6.07) is 20.2. The van der Waals surface area contributed by atoms with E-state index in [1.54, 1.807) is 5.01 Å². The molecule has 2 aromatic carbocycles. The van der Waals surface area contributed by atoms with E-state index in [0.29, 0.717) is 5.92 Å². The highest BCUT2D eigenvalue weighted by Gasteiger charge is 2.44. The average Bonchev–Trinajstić information content (AvgIpc) is 3.18. The number of rotatable bonds is 2. The summed E-state index contributed by atoms with van der Waals surface area (Å²) in [6.07, 6.45) is 5.36. The van der Waals surface area contributed by atoms with Crippen molar-refractivity contribution >= 4 is 5.91 Å². The van der Waals surface area contributed by atoms with Gasteiger partial charge in [-0.3, -0.25) is 9.80 Å². The molecule has 0 unspecified atom stereocenters. The lowest BCUT2D eigenvalue weighted by Crippen LogP contribution is -2.42. The second-order valence-electron chi connectivity index (χ2n) is 5.88. The Morgan fingerprint density at radius 2 is 1.68 bits per heavy atom. The van der Waals surface area contributed by atoms with Gasteiger partial charge in [-0.2, -0.15) is 0 Å². The molecular weight excluding hydrogens is 272 g/mol. The molecule has 0 radical (unpaired) electrons. The van der Waals surface area contributed by atoms with E-state index in [0.717, 1.165) is 12.0 Å². The van der Waals surface area contributed by atoms with Gasteiger partial charge in [-0.05, 0) is 24.1 Å². The van der Waals surface area contributed by atoms with E-state index in [2.05, 4.69) is 41.8 Å². The molecule has 0 aromatic heterocycles. The highest BCUT2D eigenvalue weighted by Crippen LogP contribution is 2.40. The predicted octanol–water partition coefficient (Wildman–Crippen LogP) is 3.33. The lowest BCUT2D eigenvalue weighted by molar-refractivity contribution is 0.0668. The van der Waals surface area contributed by atoms with Crippen LogP contribution in [0.4, 0.5) is 0 Å². The minimum atomic E-state index is 0.0422. The summed E-state index contributed by atoms with van der Waals surface area (Å²) < 4.78 is 0. The van der Waals surface area contributed by atoms with Crippen molar-refractivity contribution in [2.75, 3.05) is 0 Å². The van der Waals surface area contributed by atoms with Crippen molar-refractivity contribution in [3.63, 3.8) is 0 Å². The van der Waals surface area contributed by atoms with Crippen molar-refractivity contribution in [3.8, 4) is 0 Å². The Labute approximate surface area is 130 Å². The third-order valence-electron chi connectivity index (χ3n) is 4.58. The minimum absolute atomic E-state index is 0.0422. The molecule has 3 atom stereocenters. The Kier molecular flexibility index (Phi) is 3.28. The fraction of sp³-hybridized carbons (Fsp3) is 0.211. The van der Waals surface area contributed by atoms with Gasteiger partial charge in [0, 0.05) is 11.5 Å². The van der Waals surface area contributed by atoms with Gasteiger partial charge in [-0.25, -0.2) is 5.43 Å². The zero-order valence-electron chi connectivity index (χ0n) is 12.2. The first-order valence-corrected chi connectivity index (χ1v) is 7.71. The number of nitrogens with one attached hydrogen (secondary N) is 1. The summed E-state index contributed by atoms with van der Waals surface area (Å²) >= 11 is 0. The molecule has 3 nitrogen and oxygen atoms in total. The maximum absolute atomic E-state index is 12.8. The zero-order chi connectivity index (χ0) is 14.9. The molecule has 1 amide bonds. The van der Waals surface area contributed by atoms with Crippen molar-refractivity contribution in [1.29, 1.82) is 0 Å².